The lowest BCUT2D eigenvalue weighted by Gasteiger charge is -2.12. The number of amides is 1. The van der Waals surface area contributed by atoms with E-state index in [-0.39, 0.29) is 5.91 Å². The number of para-hydroxylation sites is 1. The Kier molecular flexibility index (Phi) is 4.38. The number of fused-ring (bicyclic) bond motifs is 3. The Bertz CT molecular complexity index is 1210. The summed E-state index contributed by atoms with van der Waals surface area (Å²) in [6, 6.07) is 22.5. The minimum atomic E-state index is -0.318. The molecule has 2 aliphatic rings. The van der Waals surface area contributed by atoms with Crippen LogP contribution in [0.4, 0.5) is 11.4 Å². The molecular weight excluding hydrogens is 348 g/mol. The Balaban J connectivity index is 1.76. The van der Waals surface area contributed by atoms with Gasteiger partial charge in [-0.1, -0.05) is 36.4 Å². The minimum absolute atomic E-state index is 0.318. The molecule has 4 rings (SSSR count). The number of aromatic nitrogens is 1. The fourth-order valence-electron chi connectivity index (χ4n) is 3.33. The molecule has 0 saturated carbocycles. The lowest BCUT2D eigenvalue weighted by atomic mass is 10.1. The van der Waals surface area contributed by atoms with Crippen LogP contribution in [0.1, 0.15) is 15.9 Å². The van der Waals surface area contributed by atoms with Crippen LogP contribution in [0.2, 0.25) is 0 Å². The van der Waals surface area contributed by atoms with Crippen molar-refractivity contribution in [3.8, 4) is 17.3 Å². The smallest absolute Gasteiger partial charge is 0.257 e. The molecule has 1 heterocycles. The molecule has 2 aromatic rings. The van der Waals surface area contributed by atoms with E-state index in [1.807, 2.05) is 55.4 Å². The Morgan fingerprint density at radius 3 is 2.61 bits per heavy atom. The Morgan fingerprint density at radius 2 is 1.82 bits per heavy atom. The van der Waals surface area contributed by atoms with Crippen molar-refractivity contribution < 1.29 is 4.79 Å². The molecule has 0 aromatic heterocycles. The van der Waals surface area contributed by atoms with Gasteiger partial charge in [0.1, 0.15) is 0 Å². The molecule has 1 amide bonds. The van der Waals surface area contributed by atoms with Crippen molar-refractivity contribution in [2.75, 3.05) is 24.3 Å². The fourth-order valence-corrected chi connectivity index (χ4v) is 3.33. The van der Waals surface area contributed by atoms with Gasteiger partial charge < -0.3 is 10.2 Å². The normalized spacial score (nSPS) is 10.6. The molecule has 1 aliphatic carbocycles. The number of carbonyl (C=O) groups excluding carboxylic acids is 1. The van der Waals surface area contributed by atoms with Gasteiger partial charge in [-0.15, -0.1) is 0 Å². The van der Waals surface area contributed by atoms with Crippen LogP contribution in [0.25, 0.3) is 22.2 Å². The second-order valence-electron chi connectivity index (χ2n) is 6.72. The van der Waals surface area contributed by atoms with Crippen molar-refractivity contribution in [1.82, 2.24) is 4.98 Å². The highest BCUT2D eigenvalue weighted by Gasteiger charge is 2.16. The molecule has 0 unspecified atom stereocenters. The lowest BCUT2D eigenvalue weighted by Crippen LogP contribution is -2.13. The molecule has 1 aliphatic heterocycles. The van der Waals surface area contributed by atoms with Gasteiger partial charge in [-0.25, -0.2) is 4.98 Å². The van der Waals surface area contributed by atoms with E-state index in [0.29, 0.717) is 16.8 Å². The summed E-state index contributed by atoms with van der Waals surface area (Å²) < 4.78 is 0. The van der Waals surface area contributed by atoms with Gasteiger partial charge in [0, 0.05) is 30.7 Å². The second kappa shape index (κ2) is 7.01. The maximum absolute atomic E-state index is 12.7. The predicted octanol–water partition coefficient (Wildman–Crippen LogP) is 4.53. The molecule has 0 fully saturated rings. The molecule has 0 radical (unpaired) electrons. The largest absolute Gasteiger partial charge is 0.376 e. The summed E-state index contributed by atoms with van der Waals surface area (Å²) >= 11 is 0. The number of hydrogen-bond donors (Lipinski definition) is 1. The van der Waals surface area contributed by atoms with Crippen LogP contribution in [-0.2, 0) is 0 Å². The first-order valence-corrected chi connectivity index (χ1v) is 8.89. The summed E-state index contributed by atoms with van der Waals surface area (Å²) in [5, 5.41) is 13.2. The molecule has 5 nitrogen and oxygen atoms in total. The molecule has 2 aromatic carbocycles. The van der Waals surface area contributed by atoms with Crippen molar-refractivity contribution in [1.29, 1.82) is 5.26 Å². The number of carbonyl (C=O) groups is 1. The van der Waals surface area contributed by atoms with Crippen LogP contribution in [0.3, 0.4) is 0 Å². The maximum atomic E-state index is 12.7. The van der Waals surface area contributed by atoms with Crippen LogP contribution in [0, 0.1) is 11.3 Å². The van der Waals surface area contributed by atoms with E-state index in [1.165, 1.54) is 0 Å². The van der Waals surface area contributed by atoms with Crippen LogP contribution in [0.5, 0.6) is 0 Å². The van der Waals surface area contributed by atoms with Crippen LogP contribution >= 0.6 is 0 Å². The Morgan fingerprint density at radius 1 is 1.04 bits per heavy atom. The first-order chi connectivity index (χ1) is 13.6. The van der Waals surface area contributed by atoms with Gasteiger partial charge in [-0.05, 0) is 30.3 Å². The molecular formula is C23H18N4O. The van der Waals surface area contributed by atoms with Crippen molar-refractivity contribution in [3.05, 3.63) is 77.9 Å². The maximum Gasteiger partial charge on any atom is 0.257 e. The quantitative estimate of drug-likeness (QED) is 0.578. The van der Waals surface area contributed by atoms with Gasteiger partial charge in [-0.2, -0.15) is 5.26 Å². The number of nitrogens with one attached hydrogen (secondary N) is 1. The Labute approximate surface area is 163 Å². The zero-order valence-corrected chi connectivity index (χ0v) is 15.6. The summed E-state index contributed by atoms with van der Waals surface area (Å²) in [6.07, 6.45) is 0. The van der Waals surface area contributed by atoms with Crippen molar-refractivity contribution in [2.45, 2.75) is 0 Å². The first-order valence-electron chi connectivity index (χ1n) is 8.89. The second-order valence-corrected chi connectivity index (χ2v) is 6.72. The number of hydrogen-bond acceptors (Lipinski definition) is 4. The molecule has 1 N–H and O–H groups in total. The number of nitriles is 1. The molecule has 0 atom stereocenters. The monoisotopic (exact) mass is 366 g/mol. The minimum Gasteiger partial charge on any atom is -0.376 e. The highest BCUT2D eigenvalue weighted by molar-refractivity contribution is 6.07. The zero-order chi connectivity index (χ0) is 19.7. The van der Waals surface area contributed by atoms with Gasteiger partial charge in [0.05, 0.1) is 34.1 Å². The van der Waals surface area contributed by atoms with E-state index in [1.54, 1.807) is 24.3 Å². The number of rotatable bonds is 3. The molecule has 136 valence electrons. The number of benzene rings is 2. The SMILES string of the molecule is CN(C)c1cccc2c3cccc(NC(=O)c4ccccc4C#N)cc-3nc12. The zero-order valence-electron chi connectivity index (χ0n) is 15.6. The summed E-state index contributed by atoms with van der Waals surface area (Å²) in [6.45, 7) is 0. The summed E-state index contributed by atoms with van der Waals surface area (Å²) in [4.78, 5) is 19.5. The predicted molar refractivity (Wildman–Crippen MR) is 112 cm³/mol. The van der Waals surface area contributed by atoms with Crippen LogP contribution in [-0.4, -0.2) is 25.0 Å². The van der Waals surface area contributed by atoms with Gasteiger partial charge in [0.2, 0.25) is 0 Å². The van der Waals surface area contributed by atoms with Crippen molar-refractivity contribution >= 4 is 28.2 Å². The Hall–Kier alpha value is -3.91. The van der Waals surface area contributed by atoms with E-state index < -0.39 is 0 Å². The summed E-state index contributed by atoms with van der Waals surface area (Å²) in [7, 11) is 3.98. The van der Waals surface area contributed by atoms with Crippen molar-refractivity contribution in [2.24, 2.45) is 0 Å². The molecule has 0 saturated heterocycles. The average molecular weight is 366 g/mol. The number of anilines is 2. The summed E-state index contributed by atoms with van der Waals surface area (Å²) in [5.41, 5.74) is 5.13. The highest BCUT2D eigenvalue weighted by atomic mass is 16.1. The third-order valence-corrected chi connectivity index (χ3v) is 4.68. The van der Waals surface area contributed by atoms with Gasteiger partial charge >= 0.3 is 0 Å². The van der Waals surface area contributed by atoms with E-state index in [9.17, 15) is 10.1 Å². The third-order valence-electron chi connectivity index (χ3n) is 4.68. The molecule has 28 heavy (non-hydrogen) atoms. The highest BCUT2D eigenvalue weighted by Crippen LogP contribution is 2.36. The third kappa shape index (κ3) is 3.01. The van der Waals surface area contributed by atoms with Crippen molar-refractivity contribution in [3.63, 3.8) is 0 Å². The van der Waals surface area contributed by atoms with E-state index >= 15 is 0 Å². The van der Waals surface area contributed by atoms with Gasteiger partial charge in [0.15, 0.2) is 0 Å². The standard InChI is InChI=1S/C23H18N4O/c1-27(2)21-12-6-11-19-18-10-5-8-16(13-20(18)26-22(19)21)25-23(28)17-9-4-3-7-15(17)14-24/h3-13H,1-2H3,(H,25,28). The molecule has 0 spiro atoms. The first kappa shape index (κ1) is 17.5. The number of nitrogens with zero attached hydrogens (tertiary/aromatic N) is 3. The van der Waals surface area contributed by atoms with E-state index in [0.717, 1.165) is 27.8 Å². The van der Waals surface area contributed by atoms with Crippen LogP contribution < -0.4 is 10.2 Å². The molecule has 0 bridgehead atoms. The van der Waals surface area contributed by atoms with E-state index in [2.05, 4.69) is 17.5 Å². The van der Waals surface area contributed by atoms with E-state index in [4.69, 9.17) is 4.98 Å². The average Bonchev–Trinajstić information content (AvgIpc) is 2.92. The fraction of sp³-hybridized carbons (Fsp3) is 0.0870. The summed E-state index contributed by atoms with van der Waals surface area (Å²) in [5.74, 6) is -0.318. The topological polar surface area (TPSA) is 69.0 Å². The van der Waals surface area contributed by atoms with Gasteiger partial charge in [0.25, 0.3) is 5.91 Å². The molecule has 5 heteroatoms. The van der Waals surface area contributed by atoms with Crippen LogP contribution in [0.15, 0.2) is 66.7 Å². The van der Waals surface area contributed by atoms with Gasteiger partial charge in [-0.3, -0.25) is 4.79 Å². The lowest BCUT2D eigenvalue weighted by molar-refractivity contribution is 0.102.